The number of aryl methyl sites for hydroxylation is 1. The molecule has 0 fully saturated rings. The molecule has 0 unspecified atom stereocenters. The molecule has 1 heterocycles. The van der Waals surface area contributed by atoms with Gasteiger partial charge in [-0.1, -0.05) is 6.92 Å². The molecule has 4 heteroatoms. The minimum absolute atomic E-state index is 0.00833. The van der Waals surface area contributed by atoms with Crippen LogP contribution in [0.3, 0.4) is 0 Å². The molecule has 1 aromatic carbocycles. The van der Waals surface area contributed by atoms with Crippen LogP contribution in [0.5, 0.6) is 5.75 Å². The first-order valence-corrected chi connectivity index (χ1v) is 6.10. The monoisotopic (exact) mass is 245 g/mol. The van der Waals surface area contributed by atoms with Crippen molar-refractivity contribution in [2.45, 2.75) is 26.3 Å². The summed E-state index contributed by atoms with van der Waals surface area (Å²) in [6.45, 7) is 4.13. The van der Waals surface area contributed by atoms with E-state index in [1.807, 2.05) is 29.0 Å². The Labute approximate surface area is 107 Å². The summed E-state index contributed by atoms with van der Waals surface area (Å²) in [6.07, 6.45) is 4.53. The summed E-state index contributed by atoms with van der Waals surface area (Å²) in [6, 6.07) is 6.00. The smallest absolute Gasteiger partial charge is 0.119 e. The highest BCUT2D eigenvalue weighted by molar-refractivity contribution is 5.46. The number of methoxy groups -OCH3 is 1. The van der Waals surface area contributed by atoms with Crippen LogP contribution in [0.25, 0.3) is 5.69 Å². The molecule has 2 N–H and O–H groups in total. The minimum atomic E-state index is 0.00833. The molecular formula is C14H19N3O. The Morgan fingerprint density at radius 3 is 2.83 bits per heavy atom. The van der Waals surface area contributed by atoms with Gasteiger partial charge in [-0.05, 0) is 37.1 Å². The summed E-state index contributed by atoms with van der Waals surface area (Å²) >= 11 is 0. The van der Waals surface area contributed by atoms with Gasteiger partial charge < -0.3 is 15.0 Å². The van der Waals surface area contributed by atoms with Gasteiger partial charge in [0, 0.05) is 6.04 Å². The molecule has 0 spiro atoms. The van der Waals surface area contributed by atoms with Gasteiger partial charge in [-0.3, -0.25) is 0 Å². The van der Waals surface area contributed by atoms with E-state index in [2.05, 4.69) is 18.8 Å². The van der Waals surface area contributed by atoms with E-state index < -0.39 is 0 Å². The molecule has 96 valence electrons. The van der Waals surface area contributed by atoms with E-state index >= 15 is 0 Å². The van der Waals surface area contributed by atoms with E-state index in [0.29, 0.717) is 0 Å². The van der Waals surface area contributed by atoms with Crippen molar-refractivity contribution in [1.29, 1.82) is 0 Å². The van der Waals surface area contributed by atoms with Crippen molar-refractivity contribution >= 4 is 0 Å². The zero-order valence-electron chi connectivity index (χ0n) is 11.1. The van der Waals surface area contributed by atoms with Gasteiger partial charge in [0.05, 0.1) is 31.0 Å². The zero-order chi connectivity index (χ0) is 13.1. The minimum Gasteiger partial charge on any atom is -0.497 e. The normalized spacial score (nSPS) is 12.4. The molecule has 0 saturated carbocycles. The Kier molecular flexibility index (Phi) is 3.67. The average molecular weight is 245 g/mol. The first-order valence-electron chi connectivity index (χ1n) is 6.10. The number of nitrogens with two attached hydrogens (primary N) is 1. The number of benzene rings is 1. The Morgan fingerprint density at radius 1 is 1.44 bits per heavy atom. The third kappa shape index (κ3) is 2.24. The van der Waals surface area contributed by atoms with Crippen LogP contribution in [-0.2, 0) is 0 Å². The largest absolute Gasteiger partial charge is 0.497 e. The van der Waals surface area contributed by atoms with Crippen LogP contribution in [0.1, 0.15) is 30.6 Å². The Bertz CT molecular complexity index is 534. The van der Waals surface area contributed by atoms with E-state index in [9.17, 15) is 0 Å². The fraction of sp³-hybridized carbons (Fsp3) is 0.357. The van der Waals surface area contributed by atoms with Crippen molar-refractivity contribution in [2.24, 2.45) is 5.73 Å². The van der Waals surface area contributed by atoms with Crippen LogP contribution in [0.2, 0.25) is 0 Å². The molecule has 0 saturated heterocycles. The maximum atomic E-state index is 6.10. The second-order valence-corrected chi connectivity index (χ2v) is 4.36. The van der Waals surface area contributed by atoms with E-state index in [4.69, 9.17) is 10.5 Å². The average Bonchev–Trinajstić information content (AvgIpc) is 2.86. The molecule has 18 heavy (non-hydrogen) atoms. The molecular weight excluding hydrogens is 226 g/mol. The molecule has 0 aliphatic rings. The summed E-state index contributed by atoms with van der Waals surface area (Å²) in [4.78, 5) is 4.20. The van der Waals surface area contributed by atoms with Gasteiger partial charge in [0.15, 0.2) is 0 Å². The number of aromatic nitrogens is 2. The highest BCUT2D eigenvalue weighted by Gasteiger charge is 2.12. The molecule has 4 nitrogen and oxygen atoms in total. The standard InChI is InChI=1S/C14H19N3O/c1-4-12(15)14-8-16-9-17(14)13-6-5-11(18-3)7-10(13)2/h5-9,12H,4,15H2,1-3H3/t12-/m1/s1. The van der Waals surface area contributed by atoms with Crippen LogP contribution >= 0.6 is 0 Å². The summed E-state index contributed by atoms with van der Waals surface area (Å²) in [5.74, 6) is 0.859. The van der Waals surface area contributed by atoms with Crippen LogP contribution < -0.4 is 10.5 Å². The predicted octanol–water partition coefficient (Wildman–Crippen LogP) is 2.60. The predicted molar refractivity (Wildman–Crippen MR) is 72.1 cm³/mol. The first kappa shape index (κ1) is 12.6. The Morgan fingerprint density at radius 2 is 2.22 bits per heavy atom. The lowest BCUT2D eigenvalue weighted by Crippen LogP contribution is -2.13. The maximum absolute atomic E-state index is 6.10. The molecule has 1 aromatic heterocycles. The van der Waals surface area contributed by atoms with E-state index in [-0.39, 0.29) is 6.04 Å². The summed E-state index contributed by atoms with van der Waals surface area (Å²) in [7, 11) is 1.67. The van der Waals surface area contributed by atoms with E-state index in [1.165, 1.54) is 0 Å². The number of imidazole rings is 1. The molecule has 0 amide bonds. The third-order valence-electron chi connectivity index (χ3n) is 3.15. The Balaban J connectivity index is 2.46. The third-order valence-corrected chi connectivity index (χ3v) is 3.15. The van der Waals surface area contributed by atoms with Gasteiger partial charge in [0.1, 0.15) is 5.75 Å². The fourth-order valence-corrected chi connectivity index (χ4v) is 2.02. The second kappa shape index (κ2) is 5.23. The summed E-state index contributed by atoms with van der Waals surface area (Å²) < 4.78 is 7.26. The van der Waals surface area contributed by atoms with Crippen LogP contribution in [-0.4, -0.2) is 16.7 Å². The second-order valence-electron chi connectivity index (χ2n) is 4.36. The van der Waals surface area contributed by atoms with Gasteiger partial charge in [-0.15, -0.1) is 0 Å². The van der Waals surface area contributed by atoms with Gasteiger partial charge in [0.2, 0.25) is 0 Å². The maximum Gasteiger partial charge on any atom is 0.119 e. The molecule has 0 radical (unpaired) electrons. The summed E-state index contributed by atoms with van der Waals surface area (Å²) in [5.41, 5.74) is 9.36. The van der Waals surface area contributed by atoms with Crippen molar-refractivity contribution in [3.8, 4) is 11.4 Å². The number of rotatable bonds is 4. The number of nitrogens with zero attached hydrogens (tertiary/aromatic N) is 2. The first-order chi connectivity index (χ1) is 8.67. The number of ether oxygens (including phenoxy) is 1. The van der Waals surface area contributed by atoms with Crippen molar-refractivity contribution < 1.29 is 4.74 Å². The lowest BCUT2D eigenvalue weighted by molar-refractivity contribution is 0.414. The highest BCUT2D eigenvalue weighted by Crippen LogP contribution is 2.24. The molecule has 0 aliphatic heterocycles. The Hall–Kier alpha value is -1.81. The quantitative estimate of drug-likeness (QED) is 0.900. The van der Waals surface area contributed by atoms with Gasteiger partial charge in [-0.2, -0.15) is 0 Å². The highest BCUT2D eigenvalue weighted by atomic mass is 16.5. The molecule has 0 bridgehead atoms. The van der Waals surface area contributed by atoms with Crippen molar-refractivity contribution in [3.05, 3.63) is 42.0 Å². The molecule has 2 rings (SSSR count). The molecule has 1 atom stereocenters. The number of hydrogen-bond acceptors (Lipinski definition) is 3. The lowest BCUT2D eigenvalue weighted by Gasteiger charge is -2.15. The van der Waals surface area contributed by atoms with Gasteiger partial charge >= 0.3 is 0 Å². The fourth-order valence-electron chi connectivity index (χ4n) is 2.02. The van der Waals surface area contributed by atoms with Crippen LogP contribution in [0.4, 0.5) is 0 Å². The molecule has 2 aromatic rings. The molecule has 0 aliphatic carbocycles. The van der Waals surface area contributed by atoms with Crippen LogP contribution in [0.15, 0.2) is 30.7 Å². The van der Waals surface area contributed by atoms with Crippen LogP contribution in [0, 0.1) is 6.92 Å². The van der Waals surface area contributed by atoms with E-state index in [1.54, 1.807) is 13.4 Å². The van der Waals surface area contributed by atoms with E-state index in [0.717, 1.165) is 29.1 Å². The van der Waals surface area contributed by atoms with Gasteiger partial charge in [-0.25, -0.2) is 4.98 Å². The van der Waals surface area contributed by atoms with Crippen molar-refractivity contribution in [3.63, 3.8) is 0 Å². The number of hydrogen-bond donors (Lipinski definition) is 1. The lowest BCUT2D eigenvalue weighted by atomic mass is 10.1. The van der Waals surface area contributed by atoms with Crippen molar-refractivity contribution in [2.75, 3.05) is 7.11 Å². The topological polar surface area (TPSA) is 53.1 Å². The summed E-state index contributed by atoms with van der Waals surface area (Å²) in [5, 5.41) is 0. The SMILES string of the molecule is CC[C@@H](N)c1cncn1-c1ccc(OC)cc1C. The van der Waals surface area contributed by atoms with Crippen molar-refractivity contribution in [1.82, 2.24) is 9.55 Å². The zero-order valence-corrected chi connectivity index (χ0v) is 11.1. The van der Waals surface area contributed by atoms with Gasteiger partial charge in [0.25, 0.3) is 0 Å².